The number of rotatable bonds is 6. The van der Waals surface area contributed by atoms with Crippen molar-refractivity contribution in [3.63, 3.8) is 0 Å². The monoisotopic (exact) mass is 421 g/mol. The van der Waals surface area contributed by atoms with E-state index in [-0.39, 0.29) is 28.3 Å². The van der Waals surface area contributed by atoms with Gasteiger partial charge in [0.1, 0.15) is 6.54 Å². The van der Waals surface area contributed by atoms with Crippen molar-refractivity contribution >= 4 is 40.9 Å². The average Bonchev–Trinajstić information content (AvgIpc) is 2.63. The highest BCUT2D eigenvalue weighted by molar-refractivity contribution is 6.36. The summed E-state index contributed by atoms with van der Waals surface area (Å²) in [5, 5.41) is 2.97. The second kappa shape index (κ2) is 9.22. The van der Waals surface area contributed by atoms with E-state index in [1.54, 1.807) is 12.1 Å². The minimum atomic E-state index is -0.724. The third kappa shape index (κ3) is 6.08. The zero-order chi connectivity index (χ0) is 20.9. The van der Waals surface area contributed by atoms with Crippen LogP contribution in [0, 0.1) is 0 Å². The molecule has 5 nitrogen and oxygen atoms in total. The number of nitrogens with one attached hydrogen (secondary N) is 1. The summed E-state index contributed by atoms with van der Waals surface area (Å²) in [7, 11) is 0. The Kier molecular flexibility index (Phi) is 7.22. The van der Waals surface area contributed by atoms with Gasteiger partial charge in [-0.05, 0) is 29.2 Å². The van der Waals surface area contributed by atoms with Gasteiger partial charge >= 0.3 is 5.97 Å². The highest BCUT2D eigenvalue weighted by Gasteiger charge is 2.16. The third-order valence-corrected chi connectivity index (χ3v) is 4.55. The van der Waals surface area contributed by atoms with E-state index in [4.69, 9.17) is 27.9 Å². The molecule has 0 saturated carbocycles. The summed E-state index contributed by atoms with van der Waals surface area (Å²) in [5.74, 6) is -1.58. The number of amides is 1. The molecule has 0 bridgehead atoms. The lowest BCUT2D eigenvalue weighted by Gasteiger charge is -2.18. The molecule has 0 aromatic heterocycles. The Bertz CT molecular complexity index is 886. The van der Waals surface area contributed by atoms with Gasteiger partial charge in [0.05, 0.1) is 10.6 Å². The summed E-state index contributed by atoms with van der Waals surface area (Å²) in [6, 6.07) is 11.6. The van der Waals surface area contributed by atoms with Crippen LogP contribution in [0.5, 0.6) is 0 Å². The summed E-state index contributed by atoms with van der Waals surface area (Å²) in [6.45, 7) is 5.46. The number of hydrogen-bond acceptors (Lipinski definition) is 4. The Morgan fingerprint density at radius 1 is 1.00 bits per heavy atom. The highest BCUT2D eigenvalue weighted by Crippen LogP contribution is 2.22. The van der Waals surface area contributed by atoms with E-state index >= 15 is 0 Å². The number of ether oxygens (including phenoxy) is 1. The van der Waals surface area contributed by atoms with E-state index in [9.17, 15) is 14.4 Å². The normalized spacial score (nSPS) is 11.0. The number of carbonyl (C=O) groups excluding carboxylic acids is 3. The van der Waals surface area contributed by atoms with E-state index in [2.05, 4.69) is 26.1 Å². The van der Waals surface area contributed by atoms with Crippen molar-refractivity contribution in [2.75, 3.05) is 13.2 Å². The predicted octanol–water partition coefficient (Wildman–Crippen LogP) is 4.45. The Labute approximate surface area is 174 Å². The van der Waals surface area contributed by atoms with Gasteiger partial charge in [-0.1, -0.05) is 68.2 Å². The molecule has 2 rings (SSSR count). The molecule has 148 valence electrons. The minimum Gasteiger partial charge on any atom is -0.456 e. The summed E-state index contributed by atoms with van der Waals surface area (Å²) in [5.41, 5.74) is 1.73. The van der Waals surface area contributed by atoms with Gasteiger partial charge in [-0.2, -0.15) is 0 Å². The number of hydrogen-bond donors (Lipinski definition) is 1. The molecule has 0 aliphatic rings. The molecule has 2 aromatic rings. The fraction of sp³-hybridized carbons (Fsp3) is 0.286. The highest BCUT2D eigenvalue weighted by atomic mass is 35.5. The summed E-state index contributed by atoms with van der Waals surface area (Å²) >= 11 is 11.7. The van der Waals surface area contributed by atoms with Crippen molar-refractivity contribution < 1.29 is 19.1 Å². The van der Waals surface area contributed by atoms with Crippen molar-refractivity contribution in [2.24, 2.45) is 0 Å². The maximum Gasteiger partial charge on any atom is 0.325 e. The van der Waals surface area contributed by atoms with Crippen LogP contribution in [0.4, 0.5) is 0 Å². The van der Waals surface area contributed by atoms with E-state index < -0.39 is 18.5 Å². The molecule has 0 atom stereocenters. The Hall–Kier alpha value is -2.37. The van der Waals surface area contributed by atoms with Crippen molar-refractivity contribution in [1.29, 1.82) is 0 Å². The molecule has 0 fully saturated rings. The first kappa shape index (κ1) is 21.9. The molecule has 0 aliphatic heterocycles. The van der Waals surface area contributed by atoms with E-state index in [0.717, 1.165) is 5.56 Å². The standard InChI is InChI=1S/C21H21Cl2NO4/c1-21(2,3)14-6-4-13(5-7-14)18(25)12-28-19(26)11-24-20(27)16-9-8-15(22)10-17(16)23/h4-10H,11-12H2,1-3H3,(H,24,27). The van der Waals surface area contributed by atoms with Crippen molar-refractivity contribution in [2.45, 2.75) is 26.2 Å². The fourth-order valence-corrected chi connectivity index (χ4v) is 2.85. The molecule has 1 N–H and O–H groups in total. The van der Waals surface area contributed by atoms with Gasteiger partial charge in [-0.25, -0.2) is 0 Å². The molecule has 1 amide bonds. The van der Waals surface area contributed by atoms with Crippen molar-refractivity contribution in [3.8, 4) is 0 Å². The predicted molar refractivity (Wildman–Crippen MR) is 109 cm³/mol. The molecule has 0 aliphatic carbocycles. The molecule has 0 radical (unpaired) electrons. The van der Waals surface area contributed by atoms with Gasteiger partial charge in [0.2, 0.25) is 0 Å². The van der Waals surface area contributed by atoms with Crippen LogP contribution in [0.3, 0.4) is 0 Å². The van der Waals surface area contributed by atoms with Crippen molar-refractivity contribution in [3.05, 3.63) is 69.2 Å². The number of benzene rings is 2. The summed E-state index contributed by atoms with van der Waals surface area (Å²) in [4.78, 5) is 36.0. The Balaban J connectivity index is 1.83. The first-order valence-electron chi connectivity index (χ1n) is 8.60. The number of carbonyl (C=O) groups is 3. The quantitative estimate of drug-likeness (QED) is 0.552. The van der Waals surface area contributed by atoms with Crippen LogP contribution < -0.4 is 5.32 Å². The molecule has 0 spiro atoms. The van der Waals surface area contributed by atoms with E-state index in [1.807, 2.05) is 12.1 Å². The van der Waals surface area contributed by atoms with E-state index in [0.29, 0.717) is 10.6 Å². The second-order valence-electron chi connectivity index (χ2n) is 7.22. The maximum atomic E-state index is 12.2. The Morgan fingerprint density at radius 2 is 1.64 bits per heavy atom. The largest absolute Gasteiger partial charge is 0.456 e. The molecule has 7 heteroatoms. The van der Waals surface area contributed by atoms with Gasteiger partial charge in [-0.3, -0.25) is 14.4 Å². The lowest BCUT2D eigenvalue weighted by molar-refractivity contribution is -0.141. The first-order chi connectivity index (χ1) is 13.1. The smallest absolute Gasteiger partial charge is 0.325 e. The van der Waals surface area contributed by atoms with Gasteiger partial charge in [0.15, 0.2) is 12.4 Å². The summed E-state index contributed by atoms with van der Waals surface area (Å²) in [6.07, 6.45) is 0. The van der Waals surface area contributed by atoms with Crippen LogP contribution in [0.1, 0.15) is 47.1 Å². The van der Waals surface area contributed by atoms with Gasteiger partial charge in [0.25, 0.3) is 5.91 Å². The lowest BCUT2D eigenvalue weighted by Crippen LogP contribution is -2.31. The lowest BCUT2D eigenvalue weighted by atomic mass is 9.86. The third-order valence-electron chi connectivity index (χ3n) is 4.01. The number of halogens is 2. The molecule has 28 heavy (non-hydrogen) atoms. The minimum absolute atomic E-state index is 0.0146. The molecule has 2 aromatic carbocycles. The van der Waals surface area contributed by atoms with Crippen LogP contribution in [0.25, 0.3) is 0 Å². The van der Waals surface area contributed by atoms with Crippen LogP contribution in [-0.2, 0) is 14.9 Å². The molecular formula is C21H21Cl2NO4. The topological polar surface area (TPSA) is 72.5 Å². The molecule has 0 saturated heterocycles. The zero-order valence-electron chi connectivity index (χ0n) is 15.8. The fourth-order valence-electron chi connectivity index (χ4n) is 2.36. The molecule has 0 heterocycles. The SMILES string of the molecule is CC(C)(C)c1ccc(C(=O)COC(=O)CNC(=O)c2ccc(Cl)cc2Cl)cc1. The number of Topliss-reactive ketones (excluding diaryl/α,β-unsaturated/α-hetero) is 1. The van der Waals surface area contributed by atoms with E-state index in [1.165, 1.54) is 18.2 Å². The maximum absolute atomic E-state index is 12.2. The van der Waals surface area contributed by atoms with Gasteiger partial charge in [-0.15, -0.1) is 0 Å². The second-order valence-corrected chi connectivity index (χ2v) is 8.06. The van der Waals surface area contributed by atoms with Gasteiger partial charge in [0, 0.05) is 10.6 Å². The summed E-state index contributed by atoms with van der Waals surface area (Å²) < 4.78 is 4.93. The Morgan fingerprint density at radius 3 is 2.21 bits per heavy atom. The van der Waals surface area contributed by atoms with Crippen LogP contribution in [-0.4, -0.2) is 30.8 Å². The molecule has 0 unspecified atom stereocenters. The van der Waals surface area contributed by atoms with Crippen LogP contribution in [0.15, 0.2) is 42.5 Å². The zero-order valence-corrected chi connectivity index (χ0v) is 17.4. The number of ketones is 1. The molecular weight excluding hydrogens is 401 g/mol. The van der Waals surface area contributed by atoms with Crippen molar-refractivity contribution in [1.82, 2.24) is 5.32 Å². The van der Waals surface area contributed by atoms with Gasteiger partial charge < -0.3 is 10.1 Å². The average molecular weight is 422 g/mol. The number of esters is 1. The first-order valence-corrected chi connectivity index (χ1v) is 9.36. The van der Waals surface area contributed by atoms with Crippen LogP contribution >= 0.6 is 23.2 Å². The van der Waals surface area contributed by atoms with Crippen LogP contribution in [0.2, 0.25) is 10.0 Å².